The molecule has 0 radical (unpaired) electrons. The van der Waals surface area contributed by atoms with Crippen LogP contribution in [0.5, 0.6) is 0 Å². The van der Waals surface area contributed by atoms with Gasteiger partial charge in [0.25, 0.3) is 0 Å². The number of hydrogen-bond donors (Lipinski definition) is 1. The van der Waals surface area contributed by atoms with Gasteiger partial charge in [-0.15, -0.1) is 0 Å². The lowest BCUT2D eigenvalue weighted by molar-refractivity contribution is 0.417. The Morgan fingerprint density at radius 1 is 1.58 bits per heavy atom. The summed E-state index contributed by atoms with van der Waals surface area (Å²) in [7, 11) is 0. The van der Waals surface area contributed by atoms with Gasteiger partial charge in [0.15, 0.2) is 0 Å². The molecule has 2 heterocycles. The fraction of sp³-hybridized carbons (Fsp3) is 0.375. The number of nitrogens with zero attached hydrogens (tertiary/aromatic N) is 1. The lowest BCUT2D eigenvalue weighted by atomic mass is 10.1. The third-order valence-electron chi connectivity index (χ3n) is 1.90. The fourth-order valence-corrected chi connectivity index (χ4v) is 1.51. The zero-order valence-electron chi connectivity index (χ0n) is 6.51. The summed E-state index contributed by atoms with van der Waals surface area (Å²) in [5.74, 6) is 0. The number of nitrogens with one attached hydrogen (secondary N) is 1. The van der Waals surface area contributed by atoms with E-state index in [2.05, 4.69) is 10.5 Å². The van der Waals surface area contributed by atoms with E-state index in [1.54, 1.807) is 6.26 Å². The van der Waals surface area contributed by atoms with E-state index in [-0.39, 0.29) is 0 Å². The molecule has 0 fully saturated rings. The lowest BCUT2D eigenvalue weighted by Crippen LogP contribution is -2.23. The van der Waals surface area contributed by atoms with Gasteiger partial charge in [-0.2, -0.15) is 0 Å². The van der Waals surface area contributed by atoms with Gasteiger partial charge in [0.1, 0.15) is 12.0 Å². The molecular weight excluding hydrogens is 176 g/mol. The third-order valence-corrected chi connectivity index (χ3v) is 2.31. The second-order valence-electron chi connectivity index (χ2n) is 2.69. The lowest BCUT2D eigenvalue weighted by Gasteiger charge is -2.14. The molecular formula is C8H9ClN2O. The largest absolute Gasteiger partial charge is 0.364 e. The maximum absolute atomic E-state index is 6.03. The summed E-state index contributed by atoms with van der Waals surface area (Å²) in [6, 6.07) is 1.82. The van der Waals surface area contributed by atoms with Crippen molar-refractivity contribution in [1.29, 1.82) is 0 Å². The number of hydrogen-bond acceptors (Lipinski definition) is 3. The van der Waals surface area contributed by atoms with Gasteiger partial charge in [-0.3, -0.25) is 0 Å². The van der Waals surface area contributed by atoms with Gasteiger partial charge < -0.3 is 9.84 Å². The van der Waals surface area contributed by atoms with Crippen molar-refractivity contribution in [3.63, 3.8) is 0 Å². The molecule has 12 heavy (non-hydrogen) atoms. The van der Waals surface area contributed by atoms with Crippen LogP contribution in [0.4, 0.5) is 0 Å². The van der Waals surface area contributed by atoms with Gasteiger partial charge in [-0.1, -0.05) is 16.8 Å². The topological polar surface area (TPSA) is 38.1 Å². The van der Waals surface area contributed by atoms with Gasteiger partial charge in [-0.05, 0) is 6.42 Å². The van der Waals surface area contributed by atoms with Crippen molar-refractivity contribution < 1.29 is 4.52 Å². The first kappa shape index (κ1) is 7.83. The Hall–Kier alpha value is -0.800. The van der Waals surface area contributed by atoms with Crippen LogP contribution in [0.25, 0.3) is 5.57 Å². The predicted molar refractivity (Wildman–Crippen MR) is 46.8 cm³/mol. The van der Waals surface area contributed by atoms with Crippen molar-refractivity contribution >= 4 is 17.2 Å². The Balaban J connectivity index is 2.33. The number of aromatic nitrogens is 1. The van der Waals surface area contributed by atoms with Gasteiger partial charge in [0, 0.05) is 29.8 Å². The molecule has 4 heteroatoms. The molecule has 1 aliphatic heterocycles. The Kier molecular flexibility index (Phi) is 2.15. The predicted octanol–water partition coefficient (Wildman–Crippen LogP) is 1.62. The van der Waals surface area contributed by atoms with E-state index in [1.165, 1.54) is 0 Å². The van der Waals surface area contributed by atoms with E-state index in [0.717, 1.165) is 35.8 Å². The molecule has 0 amide bonds. The molecule has 0 unspecified atom stereocenters. The smallest absolute Gasteiger partial charge is 0.124 e. The van der Waals surface area contributed by atoms with Crippen LogP contribution < -0.4 is 5.32 Å². The molecule has 0 atom stereocenters. The first-order valence-corrected chi connectivity index (χ1v) is 4.25. The average Bonchev–Trinajstić information content (AvgIpc) is 2.57. The fourth-order valence-electron chi connectivity index (χ4n) is 1.26. The first-order chi connectivity index (χ1) is 5.88. The molecule has 1 aromatic rings. The van der Waals surface area contributed by atoms with E-state index in [0.29, 0.717) is 0 Å². The van der Waals surface area contributed by atoms with Gasteiger partial charge in [-0.25, -0.2) is 0 Å². The highest BCUT2D eigenvalue weighted by Gasteiger charge is 2.13. The highest BCUT2D eigenvalue weighted by atomic mass is 35.5. The molecule has 3 nitrogen and oxygen atoms in total. The Morgan fingerprint density at radius 2 is 2.50 bits per heavy atom. The minimum atomic E-state index is 0.783. The van der Waals surface area contributed by atoms with Crippen molar-refractivity contribution in [2.24, 2.45) is 0 Å². The van der Waals surface area contributed by atoms with E-state index in [1.807, 2.05) is 6.07 Å². The van der Waals surface area contributed by atoms with Crippen LogP contribution in [0.2, 0.25) is 0 Å². The highest BCUT2D eigenvalue weighted by molar-refractivity contribution is 6.32. The average molecular weight is 185 g/mol. The Labute approximate surface area is 75.4 Å². The van der Waals surface area contributed by atoms with Crippen LogP contribution in [0.15, 0.2) is 21.9 Å². The highest BCUT2D eigenvalue weighted by Crippen LogP contribution is 2.24. The van der Waals surface area contributed by atoms with E-state index < -0.39 is 0 Å². The minimum absolute atomic E-state index is 0.783. The monoisotopic (exact) mass is 184 g/mol. The standard InChI is InChI=1S/C8H9ClN2O/c9-7-1-3-10-5-6(7)8-2-4-12-11-8/h2,4,10H,1,3,5H2. The SMILES string of the molecule is ClC1=C(c2ccon2)CNCC1. The Bertz CT molecular complexity index is 292. The summed E-state index contributed by atoms with van der Waals surface area (Å²) in [5, 5.41) is 7.95. The second-order valence-corrected chi connectivity index (χ2v) is 3.15. The molecule has 1 N–H and O–H groups in total. The van der Waals surface area contributed by atoms with Crippen LogP contribution in [0, 0.1) is 0 Å². The Morgan fingerprint density at radius 3 is 3.17 bits per heavy atom. The van der Waals surface area contributed by atoms with Crippen molar-refractivity contribution in [3.05, 3.63) is 23.1 Å². The van der Waals surface area contributed by atoms with Crippen molar-refractivity contribution in [3.8, 4) is 0 Å². The molecule has 2 rings (SSSR count). The zero-order chi connectivity index (χ0) is 8.39. The molecule has 0 bridgehead atoms. The molecule has 0 saturated carbocycles. The maximum atomic E-state index is 6.03. The summed E-state index contributed by atoms with van der Waals surface area (Å²) in [6.07, 6.45) is 2.44. The van der Waals surface area contributed by atoms with Crippen LogP contribution in [-0.4, -0.2) is 18.2 Å². The molecule has 1 aliphatic rings. The summed E-state index contributed by atoms with van der Waals surface area (Å²) in [6.45, 7) is 1.73. The van der Waals surface area contributed by atoms with Gasteiger partial charge >= 0.3 is 0 Å². The van der Waals surface area contributed by atoms with Crippen molar-refractivity contribution in [2.75, 3.05) is 13.1 Å². The number of halogens is 1. The van der Waals surface area contributed by atoms with Crippen LogP contribution in [-0.2, 0) is 0 Å². The van der Waals surface area contributed by atoms with Crippen molar-refractivity contribution in [1.82, 2.24) is 10.5 Å². The molecule has 0 aromatic carbocycles. The van der Waals surface area contributed by atoms with Gasteiger partial charge in [0.2, 0.25) is 0 Å². The number of rotatable bonds is 1. The molecule has 64 valence electrons. The maximum Gasteiger partial charge on any atom is 0.124 e. The summed E-state index contributed by atoms with van der Waals surface area (Å²) in [4.78, 5) is 0. The first-order valence-electron chi connectivity index (χ1n) is 3.87. The minimum Gasteiger partial charge on any atom is -0.364 e. The second kappa shape index (κ2) is 3.29. The quantitative estimate of drug-likeness (QED) is 0.721. The van der Waals surface area contributed by atoms with E-state index in [4.69, 9.17) is 16.1 Å². The molecule has 0 saturated heterocycles. The van der Waals surface area contributed by atoms with E-state index in [9.17, 15) is 0 Å². The van der Waals surface area contributed by atoms with Gasteiger partial charge in [0.05, 0.1) is 0 Å². The van der Waals surface area contributed by atoms with Crippen molar-refractivity contribution in [2.45, 2.75) is 6.42 Å². The van der Waals surface area contributed by atoms with Crippen LogP contribution in [0.1, 0.15) is 12.1 Å². The summed E-state index contributed by atoms with van der Waals surface area (Å²) >= 11 is 6.03. The molecule has 1 aromatic heterocycles. The summed E-state index contributed by atoms with van der Waals surface area (Å²) in [5.41, 5.74) is 1.89. The summed E-state index contributed by atoms with van der Waals surface area (Å²) < 4.78 is 4.75. The third kappa shape index (κ3) is 1.38. The normalized spacial score (nSPS) is 18.4. The van der Waals surface area contributed by atoms with Crippen LogP contribution >= 0.6 is 11.6 Å². The zero-order valence-corrected chi connectivity index (χ0v) is 7.27. The molecule has 0 spiro atoms. The van der Waals surface area contributed by atoms with E-state index >= 15 is 0 Å². The van der Waals surface area contributed by atoms with Crippen LogP contribution in [0.3, 0.4) is 0 Å². The molecule has 0 aliphatic carbocycles.